The second-order valence-corrected chi connectivity index (χ2v) is 5.03. The van der Waals surface area contributed by atoms with Crippen molar-refractivity contribution in [2.24, 2.45) is 0 Å². The summed E-state index contributed by atoms with van der Waals surface area (Å²) in [6, 6.07) is 0.627. The molecule has 1 amide bonds. The van der Waals surface area contributed by atoms with Gasteiger partial charge in [0, 0.05) is 25.7 Å². The minimum Gasteiger partial charge on any atom is -0.355 e. The molecular formula is C13H27N3O. The van der Waals surface area contributed by atoms with Crippen LogP contribution in [0.25, 0.3) is 0 Å². The molecule has 4 nitrogen and oxygen atoms in total. The van der Waals surface area contributed by atoms with Crippen LogP contribution in [0.2, 0.25) is 0 Å². The van der Waals surface area contributed by atoms with Crippen molar-refractivity contribution in [1.29, 1.82) is 0 Å². The molecule has 1 aliphatic heterocycles. The maximum atomic E-state index is 11.7. The van der Waals surface area contributed by atoms with Gasteiger partial charge >= 0.3 is 0 Å². The van der Waals surface area contributed by atoms with Crippen LogP contribution < -0.4 is 10.6 Å². The summed E-state index contributed by atoms with van der Waals surface area (Å²) in [7, 11) is 2.14. The number of carbonyl (C=O) groups excluding carboxylic acids is 1. The summed E-state index contributed by atoms with van der Waals surface area (Å²) in [6.45, 7) is 7.16. The van der Waals surface area contributed by atoms with E-state index in [1.807, 2.05) is 0 Å². The van der Waals surface area contributed by atoms with Crippen molar-refractivity contribution in [2.75, 3.05) is 26.7 Å². The van der Waals surface area contributed by atoms with E-state index in [9.17, 15) is 4.79 Å². The molecule has 0 aromatic rings. The maximum absolute atomic E-state index is 11.7. The molecule has 0 radical (unpaired) electrons. The zero-order chi connectivity index (χ0) is 12.7. The van der Waals surface area contributed by atoms with E-state index in [1.165, 1.54) is 6.42 Å². The molecule has 1 heterocycles. The van der Waals surface area contributed by atoms with Gasteiger partial charge in [-0.25, -0.2) is 0 Å². The van der Waals surface area contributed by atoms with Gasteiger partial charge in [0.05, 0.1) is 6.04 Å². The minimum absolute atomic E-state index is 0.0165. The van der Waals surface area contributed by atoms with E-state index in [2.05, 4.69) is 36.4 Å². The first kappa shape index (κ1) is 14.5. The van der Waals surface area contributed by atoms with Crippen LogP contribution in [0.5, 0.6) is 0 Å². The van der Waals surface area contributed by atoms with E-state index in [0.29, 0.717) is 6.04 Å². The summed E-state index contributed by atoms with van der Waals surface area (Å²) in [5.41, 5.74) is 0. The van der Waals surface area contributed by atoms with Crippen LogP contribution in [-0.4, -0.2) is 49.6 Å². The lowest BCUT2D eigenvalue weighted by atomic mass is 10.1. The summed E-state index contributed by atoms with van der Waals surface area (Å²) in [6.07, 6.45) is 4.38. The average molecular weight is 241 g/mol. The highest BCUT2D eigenvalue weighted by Gasteiger charge is 2.19. The molecule has 0 aliphatic carbocycles. The fraction of sp³-hybridized carbons (Fsp3) is 0.923. The van der Waals surface area contributed by atoms with Gasteiger partial charge in [0.25, 0.3) is 0 Å². The second-order valence-electron chi connectivity index (χ2n) is 5.03. The number of carbonyl (C=O) groups is 1. The Morgan fingerprint density at radius 3 is 3.00 bits per heavy atom. The third-order valence-electron chi connectivity index (χ3n) is 3.73. The molecule has 2 unspecified atom stereocenters. The molecule has 2 N–H and O–H groups in total. The summed E-state index contributed by atoms with van der Waals surface area (Å²) in [5, 5.41) is 6.32. The second kappa shape index (κ2) is 7.67. The first-order chi connectivity index (χ1) is 8.15. The van der Waals surface area contributed by atoms with Crippen LogP contribution in [0.3, 0.4) is 0 Å². The van der Waals surface area contributed by atoms with Crippen molar-refractivity contribution in [2.45, 2.75) is 51.6 Å². The van der Waals surface area contributed by atoms with Crippen molar-refractivity contribution in [3.05, 3.63) is 0 Å². The van der Waals surface area contributed by atoms with Crippen molar-refractivity contribution < 1.29 is 4.79 Å². The first-order valence-corrected chi connectivity index (χ1v) is 6.86. The lowest BCUT2D eigenvalue weighted by molar-refractivity contribution is -0.122. The Morgan fingerprint density at radius 2 is 2.29 bits per heavy atom. The van der Waals surface area contributed by atoms with E-state index >= 15 is 0 Å². The van der Waals surface area contributed by atoms with Gasteiger partial charge in [0.1, 0.15) is 0 Å². The number of amides is 1. The largest absolute Gasteiger partial charge is 0.355 e. The van der Waals surface area contributed by atoms with Gasteiger partial charge in [-0.05, 0) is 39.7 Å². The fourth-order valence-corrected chi connectivity index (χ4v) is 2.08. The molecule has 2 atom stereocenters. The Kier molecular flexibility index (Phi) is 6.52. The molecule has 0 aromatic carbocycles. The quantitative estimate of drug-likeness (QED) is 0.728. The van der Waals surface area contributed by atoms with Crippen LogP contribution in [-0.2, 0) is 4.79 Å². The molecule has 100 valence electrons. The van der Waals surface area contributed by atoms with Crippen LogP contribution in [0.4, 0.5) is 0 Å². The van der Waals surface area contributed by atoms with Crippen LogP contribution in [0.1, 0.15) is 39.5 Å². The minimum atomic E-state index is 0.0165. The molecule has 17 heavy (non-hydrogen) atoms. The fourth-order valence-electron chi connectivity index (χ4n) is 2.08. The van der Waals surface area contributed by atoms with Gasteiger partial charge in [-0.3, -0.25) is 4.79 Å². The molecule has 0 aromatic heterocycles. The Balaban J connectivity index is 2.22. The monoisotopic (exact) mass is 241 g/mol. The van der Waals surface area contributed by atoms with Gasteiger partial charge < -0.3 is 15.5 Å². The normalized spacial score (nSPS) is 23.3. The Morgan fingerprint density at radius 1 is 1.53 bits per heavy atom. The molecule has 0 spiro atoms. The topological polar surface area (TPSA) is 44.4 Å². The van der Waals surface area contributed by atoms with Crippen molar-refractivity contribution in [1.82, 2.24) is 15.5 Å². The van der Waals surface area contributed by atoms with E-state index in [1.54, 1.807) is 0 Å². The van der Waals surface area contributed by atoms with Gasteiger partial charge in [-0.1, -0.05) is 6.92 Å². The highest BCUT2D eigenvalue weighted by Crippen LogP contribution is 2.05. The number of hydrogen-bond acceptors (Lipinski definition) is 3. The standard InChI is InChI=1S/C13H27N3O/c1-4-11(2)16(3)10-9-14-12-7-5-6-8-15-13(12)17/h11-12,14H,4-10H2,1-3H3,(H,15,17). The average Bonchev–Trinajstić information content (AvgIpc) is 2.53. The zero-order valence-corrected chi connectivity index (χ0v) is 11.5. The van der Waals surface area contributed by atoms with Crippen LogP contribution in [0.15, 0.2) is 0 Å². The van der Waals surface area contributed by atoms with E-state index in [4.69, 9.17) is 0 Å². The number of nitrogens with zero attached hydrogens (tertiary/aromatic N) is 1. The molecule has 1 rings (SSSR count). The van der Waals surface area contributed by atoms with Crippen molar-refractivity contribution in [3.8, 4) is 0 Å². The predicted octanol–water partition coefficient (Wildman–Crippen LogP) is 0.975. The molecule has 0 bridgehead atoms. The molecule has 1 fully saturated rings. The summed E-state index contributed by atoms with van der Waals surface area (Å²) < 4.78 is 0. The van der Waals surface area contributed by atoms with Crippen LogP contribution >= 0.6 is 0 Å². The third-order valence-corrected chi connectivity index (χ3v) is 3.73. The molecule has 1 aliphatic rings. The van der Waals surface area contributed by atoms with Gasteiger partial charge in [0.2, 0.25) is 5.91 Å². The van der Waals surface area contributed by atoms with Gasteiger partial charge in [0.15, 0.2) is 0 Å². The van der Waals surface area contributed by atoms with Crippen molar-refractivity contribution in [3.63, 3.8) is 0 Å². The summed E-state index contributed by atoms with van der Waals surface area (Å²) in [4.78, 5) is 14.0. The molecule has 4 heteroatoms. The summed E-state index contributed by atoms with van der Waals surface area (Å²) >= 11 is 0. The first-order valence-electron chi connectivity index (χ1n) is 6.86. The number of hydrogen-bond donors (Lipinski definition) is 2. The van der Waals surface area contributed by atoms with E-state index in [-0.39, 0.29) is 11.9 Å². The SMILES string of the molecule is CCC(C)N(C)CCNC1CCCCNC1=O. The van der Waals surface area contributed by atoms with Gasteiger partial charge in [-0.2, -0.15) is 0 Å². The molecule has 1 saturated heterocycles. The number of likely N-dealkylation sites (N-methyl/N-ethyl adjacent to an activating group) is 1. The Labute approximate surface area is 105 Å². The van der Waals surface area contributed by atoms with Crippen LogP contribution in [0, 0.1) is 0 Å². The Bertz CT molecular complexity index is 233. The number of nitrogens with one attached hydrogen (secondary N) is 2. The lowest BCUT2D eigenvalue weighted by Crippen LogP contribution is -2.45. The smallest absolute Gasteiger partial charge is 0.237 e. The number of rotatable bonds is 6. The zero-order valence-electron chi connectivity index (χ0n) is 11.5. The van der Waals surface area contributed by atoms with E-state index in [0.717, 1.165) is 38.9 Å². The highest BCUT2D eigenvalue weighted by atomic mass is 16.2. The summed E-state index contributed by atoms with van der Waals surface area (Å²) in [5.74, 6) is 0.175. The predicted molar refractivity (Wildman–Crippen MR) is 71.0 cm³/mol. The maximum Gasteiger partial charge on any atom is 0.237 e. The van der Waals surface area contributed by atoms with Crippen molar-refractivity contribution >= 4 is 5.91 Å². The third kappa shape index (κ3) is 5.04. The molecular weight excluding hydrogens is 214 g/mol. The van der Waals surface area contributed by atoms with E-state index < -0.39 is 0 Å². The van der Waals surface area contributed by atoms with Gasteiger partial charge in [-0.15, -0.1) is 0 Å². The highest BCUT2D eigenvalue weighted by molar-refractivity contribution is 5.81. The lowest BCUT2D eigenvalue weighted by Gasteiger charge is -2.24. The Hall–Kier alpha value is -0.610. The molecule has 0 saturated carbocycles.